The van der Waals surface area contributed by atoms with E-state index in [2.05, 4.69) is 31.2 Å². The van der Waals surface area contributed by atoms with Gasteiger partial charge in [-0.3, -0.25) is 0 Å². The zero-order valence-corrected chi connectivity index (χ0v) is 18.5. The molecule has 0 N–H and O–H groups in total. The van der Waals surface area contributed by atoms with E-state index in [1.807, 2.05) is 35.3 Å². The minimum atomic E-state index is -0.364. The van der Waals surface area contributed by atoms with Gasteiger partial charge in [0.1, 0.15) is 5.75 Å². The minimum absolute atomic E-state index is 0.00789. The maximum Gasteiger partial charge on any atom is 0.213 e. The molecule has 2 atom stereocenters. The molecule has 0 saturated heterocycles. The summed E-state index contributed by atoms with van der Waals surface area (Å²) < 4.78 is 6.40. The first-order chi connectivity index (χ1) is 14.5. The predicted octanol–water partition coefficient (Wildman–Crippen LogP) is 7.45. The monoisotopic (exact) mass is 456 g/mol. The second-order valence-corrected chi connectivity index (χ2v) is 8.80. The molecule has 0 fully saturated rings. The fourth-order valence-electron chi connectivity index (χ4n) is 4.07. The number of benzene rings is 3. The molecular weight excluding hydrogens is 439 g/mol. The molecule has 2 aliphatic heterocycles. The third-order valence-electron chi connectivity index (χ3n) is 5.66. The van der Waals surface area contributed by atoms with Crippen LogP contribution in [0.5, 0.6) is 5.75 Å². The van der Waals surface area contributed by atoms with Gasteiger partial charge in [-0.15, -0.1) is 0 Å². The molecular formula is C24H19Cl3N2O. The van der Waals surface area contributed by atoms with Crippen LogP contribution in [0.2, 0.25) is 15.1 Å². The maximum absolute atomic E-state index is 6.53. The van der Waals surface area contributed by atoms with Gasteiger partial charge in [0.25, 0.3) is 0 Å². The van der Waals surface area contributed by atoms with Crippen molar-refractivity contribution >= 4 is 40.5 Å². The fraction of sp³-hybridized carbons (Fsp3) is 0.208. The number of hydrazone groups is 1. The smallest absolute Gasteiger partial charge is 0.213 e. The van der Waals surface area contributed by atoms with Crippen LogP contribution in [0, 0.1) is 0 Å². The van der Waals surface area contributed by atoms with Crippen molar-refractivity contribution in [3.8, 4) is 5.75 Å². The fourth-order valence-corrected chi connectivity index (χ4v) is 4.75. The second-order valence-electron chi connectivity index (χ2n) is 7.52. The van der Waals surface area contributed by atoms with Crippen molar-refractivity contribution in [2.24, 2.45) is 5.10 Å². The average molecular weight is 458 g/mol. The van der Waals surface area contributed by atoms with Crippen molar-refractivity contribution in [2.45, 2.75) is 32.0 Å². The molecule has 2 heterocycles. The summed E-state index contributed by atoms with van der Waals surface area (Å²) in [4.78, 5) is 0. The summed E-state index contributed by atoms with van der Waals surface area (Å²) >= 11 is 18.9. The highest BCUT2D eigenvalue weighted by molar-refractivity contribution is 6.35. The van der Waals surface area contributed by atoms with Crippen molar-refractivity contribution in [2.75, 3.05) is 0 Å². The Morgan fingerprint density at radius 1 is 0.967 bits per heavy atom. The standard InChI is InChI=1S/C24H19Cl3N2O/c1-2-14-3-5-16(6-4-14)24-29-22(19-11-18(26)12-20(27)23(19)30-24)13-21(28-29)15-7-9-17(25)10-8-15/h3-12,22,24H,2,13H2,1H3/t22-,24+/m0/s1. The summed E-state index contributed by atoms with van der Waals surface area (Å²) in [5.41, 5.74) is 5.31. The van der Waals surface area contributed by atoms with Crippen molar-refractivity contribution in [3.05, 3.63) is 98.0 Å². The summed E-state index contributed by atoms with van der Waals surface area (Å²) in [7, 11) is 0. The molecule has 0 bridgehead atoms. The number of hydrogen-bond donors (Lipinski definition) is 0. The molecule has 0 saturated carbocycles. The summed E-state index contributed by atoms with van der Waals surface area (Å²) in [5, 5.41) is 8.81. The third kappa shape index (κ3) is 3.45. The van der Waals surface area contributed by atoms with Crippen molar-refractivity contribution in [1.82, 2.24) is 5.01 Å². The van der Waals surface area contributed by atoms with Gasteiger partial charge in [-0.25, -0.2) is 5.01 Å². The number of nitrogens with zero attached hydrogens (tertiary/aromatic N) is 2. The van der Waals surface area contributed by atoms with Gasteiger partial charge in [0, 0.05) is 27.6 Å². The topological polar surface area (TPSA) is 24.8 Å². The van der Waals surface area contributed by atoms with Crippen LogP contribution in [-0.4, -0.2) is 10.7 Å². The summed E-state index contributed by atoms with van der Waals surface area (Å²) in [6.07, 6.45) is 1.36. The zero-order valence-electron chi connectivity index (χ0n) is 16.3. The summed E-state index contributed by atoms with van der Waals surface area (Å²) in [6.45, 7) is 2.14. The van der Waals surface area contributed by atoms with Gasteiger partial charge in [-0.1, -0.05) is 78.1 Å². The molecule has 30 heavy (non-hydrogen) atoms. The Morgan fingerprint density at radius 2 is 1.70 bits per heavy atom. The van der Waals surface area contributed by atoms with E-state index in [-0.39, 0.29) is 12.3 Å². The number of aryl methyl sites for hydroxylation is 1. The highest BCUT2D eigenvalue weighted by Crippen LogP contribution is 2.50. The van der Waals surface area contributed by atoms with E-state index in [1.54, 1.807) is 6.07 Å². The lowest BCUT2D eigenvalue weighted by Gasteiger charge is -2.38. The Labute approximate surface area is 190 Å². The van der Waals surface area contributed by atoms with E-state index in [0.717, 1.165) is 35.2 Å². The first-order valence-electron chi connectivity index (χ1n) is 9.89. The van der Waals surface area contributed by atoms with E-state index in [1.165, 1.54) is 5.56 Å². The lowest BCUT2D eigenvalue weighted by atomic mass is 9.95. The van der Waals surface area contributed by atoms with E-state index in [0.29, 0.717) is 20.8 Å². The molecule has 0 amide bonds. The number of rotatable bonds is 3. The molecule has 0 spiro atoms. The largest absolute Gasteiger partial charge is 0.463 e. The molecule has 2 aliphatic rings. The molecule has 5 rings (SSSR count). The number of halogens is 3. The Balaban J connectivity index is 1.60. The Kier molecular flexibility index (Phi) is 5.14. The van der Waals surface area contributed by atoms with E-state index in [9.17, 15) is 0 Å². The highest BCUT2D eigenvalue weighted by Gasteiger charge is 2.42. The van der Waals surface area contributed by atoms with Crippen LogP contribution in [-0.2, 0) is 6.42 Å². The summed E-state index contributed by atoms with van der Waals surface area (Å²) in [5.74, 6) is 0.680. The van der Waals surface area contributed by atoms with Crippen LogP contribution in [0.1, 0.15) is 47.9 Å². The number of hydrogen-bond acceptors (Lipinski definition) is 3. The molecule has 3 nitrogen and oxygen atoms in total. The number of fused-ring (bicyclic) bond motifs is 3. The van der Waals surface area contributed by atoms with Crippen molar-refractivity contribution < 1.29 is 4.74 Å². The van der Waals surface area contributed by atoms with Crippen LogP contribution in [0.4, 0.5) is 0 Å². The van der Waals surface area contributed by atoms with Gasteiger partial charge in [0.2, 0.25) is 6.23 Å². The maximum atomic E-state index is 6.53. The molecule has 0 aliphatic carbocycles. The quantitative estimate of drug-likeness (QED) is 0.408. The van der Waals surface area contributed by atoms with Crippen LogP contribution in [0.25, 0.3) is 0 Å². The van der Waals surface area contributed by atoms with Gasteiger partial charge >= 0.3 is 0 Å². The molecule has 0 aromatic heterocycles. The van der Waals surface area contributed by atoms with Gasteiger partial charge < -0.3 is 4.74 Å². The minimum Gasteiger partial charge on any atom is -0.463 e. The Bertz CT molecular complexity index is 1130. The molecule has 3 aromatic rings. The van der Waals surface area contributed by atoms with Gasteiger partial charge in [0.15, 0.2) is 0 Å². The number of ether oxygens (including phenoxy) is 1. The molecule has 0 unspecified atom stereocenters. The summed E-state index contributed by atoms with van der Waals surface area (Å²) in [6, 6.07) is 19.9. The molecule has 6 heteroatoms. The van der Waals surface area contributed by atoms with E-state index in [4.69, 9.17) is 44.6 Å². The molecule has 3 aromatic carbocycles. The van der Waals surface area contributed by atoms with Crippen LogP contribution in [0.3, 0.4) is 0 Å². The normalized spacial score (nSPS) is 19.7. The van der Waals surface area contributed by atoms with Crippen molar-refractivity contribution in [1.29, 1.82) is 0 Å². The van der Waals surface area contributed by atoms with Crippen LogP contribution < -0.4 is 4.74 Å². The third-order valence-corrected chi connectivity index (χ3v) is 6.41. The van der Waals surface area contributed by atoms with E-state index < -0.39 is 0 Å². The first kappa shape index (κ1) is 19.7. The first-order valence-corrected chi connectivity index (χ1v) is 11.0. The highest BCUT2D eigenvalue weighted by atomic mass is 35.5. The Morgan fingerprint density at radius 3 is 2.40 bits per heavy atom. The van der Waals surface area contributed by atoms with Crippen LogP contribution in [0.15, 0.2) is 65.8 Å². The predicted molar refractivity (Wildman–Crippen MR) is 123 cm³/mol. The molecule has 0 radical (unpaired) electrons. The SMILES string of the molecule is CCc1ccc([C@H]2Oc3c(Cl)cc(Cl)cc3[C@@H]3CC(c4ccc(Cl)cc4)=NN23)cc1. The molecule has 152 valence electrons. The van der Waals surface area contributed by atoms with Gasteiger partial charge in [0.05, 0.1) is 16.8 Å². The second kappa shape index (κ2) is 7.81. The lowest BCUT2D eigenvalue weighted by molar-refractivity contribution is -0.0189. The van der Waals surface area contributed by atoms with E-state index >= 15 is 0 Å². The lowest BCUT2D eigenvalue weighted by Crippen LogP contribution is -2.33. The zero-order chi connectivity index (χ0) is 20.8. The Hall–Kier alpha value is -2.20. The van der Waals surface area contributed by atoms with Crippen molar-refractivity contribution in [3.63, 3.8) is 0 Å². The van der Waals surface area contributed by atoms with Crippen LogP contribution >= 0.6 is 34.8 Å². The van der Waals surface area contributed by atoms with Gasteiger partial charge in [-0.2, -0.15) is 5.10 Å². The van der Waals surface area contributed by atoms with Gasteiger partial charge in [-0.05, 0) is 41.8 Å². The average Bonchev–Trinajstić information content (AvgIpc) is 3.20.